The molecule has 0 saturated carbocycles. The van der Waals surface area contributed by atoms with E-state index in [-0.39, 0.29) is 5.91 Å². The number of pyridine rings is 1. The van der Waals surface area contributed by atoms with Crippen LogP contribution in [0.1, 0.15) is 17.0 Å². The summed E-state index contributed by atoms with van der Waals surface area (Å²) >= 11 is 0. The van der Waals surface area contributed by atoms with Crippen LogP contribution in [0.4, 0.5) is 5.69 Å². The van der Waals surface area contributed by atoms with Crippen LogP contribution in [0.3, 0.4) is 0 Å². The molecule has 8 heteroatoms. The molecule has 150 valence electrons. The van der Waals surface area contributed by atoms with Crippen LogP contribution in [0.25, 0.3) is 17.3 Å². The van der Waals surface area contributed by atoms with Crippen molar-refractivity contribution >= 4 is 17.7 Å². The third kappa shape index (κ3) is 4.85. The molecule has 8 nitrogen and oxygen atoms in total. The SMILES string of the molecule is Cn1ccc(-c2ccncc2/C=C/C(=O)Nc2ccc(CCc3nnco3)cc2)n1. The molecule has 1 aromatic carbocycles. The molecule has 0 spiro atoms. The van der Waals surface area contributed by atoms with Crippen LogP contribution in [-0.4, -0.2) is 30.9 Å². The Bertz CT molecular complexity index is 1150. The monoisotopic (exact) mass is 400 g/mol. The predicted octanol–water partition coefficient (Wildman–Crippen LogP) is 3.30. The highest BCUT2D eigenvalue weighted by Crippen LogP contribution is 2.22. The van der Waals surface area contributed by atoms with E-state index in [9.17, 15) is 4.79 Å². The number of hydrogen-bond acceptors (Lipinski definition) is 6. The van der Waals surface area contributed by atoms with Crippen molar-refractivity contribution in [3.05, 3.63) is 84.5 Å². The van der Waals surface area contributed by atoms with Gasteiger partial charge < -0.3 is 9.73 Å². The first-order chi connectivity index (χ1) is 14.7. The summed E-state index contributed by atoms with van der Waals surface area (Å²) in [6.45, 7) is 0. The van der Waals surface area contributed by atoms with Gasteiger partial charge in [-0.3, -0.25) is 14.5 Å². The highest BCUT2D eigenvalue weighted by atomic mass is 16.4. The van der Waals surface area contributed by atoms with Crippen molar-refractivity contribution in [1.29, 1.82) is 0 Å². The van der Waals surface area contributed by atoms with Gasteiger partial charge in [0, 0.05) is 54.9 Å². The summed E-state index contributed by atoms with van der Waals surface area (Å²) in [5.74, 6) is 0.391. The number of anilines is 1. The van der Waals surface area contributed by atoms with Gasteiger partial charge in [0.25, 0.3) is 0 Å². The maximum absolute atomic E-state index is 12.3. The third-order valence-corrected chi connectivity index (χ3v) is 4.51. The number of nitrogens with zero attached hydrogens (tertiary/aromatic N) is 5. The number of aryl methyl sites for hydroxylation is 3. The molecule has 0 bridgehead atoms. The molecule has 0 saturated heterocycles. The lowest BCUT2D eigenvalue weighted by Crippen LogP contribution is -2.07. The molecular weight excluding hydrogens is 380 g/mol. The molecule has 0 radical (unpaired) electrons. The number of carbonyl (C=O) groups is 1. The number of carbonyl (C=O) groups excluding carboxylic acids is 1. The Morgan fingerprint density at radius 1 is 1.17 bits per heavy atom. The standard InChI is InChI=1S/C22H20N6O2/c1-28-13-11-20(27-28)19-10-12-23-14-17(19)5-8-21(29)25-18-6-2-16(3-7-18)4-9-22-26-24-15-30-22/h2-3,5-8,10-15H,4,9H2,1H3,(H,25,29)/b8-5+. The molecule has 3 heterocycles. The molecular formula is C22H20N6O2. The number of aromatic nitrogens is 5. The molecule has 0 aliphatic heterocycles. The minimum Gasteiger partial charge on any atom is -0.428 e. The van der Waals surface area contributed by atoms with Gasteiger partial charge in [-0.15, -0.1) is 10.2 Å². The summed E-state index contributed by atoms with van der Waals surface area (Å²) in [7, 11) is 1.87. The fourth-order valence-corrected chi connectivity index (χ4v) is 2.99. The van der Waals surface area contributed by atoms with Gasteiger partial charge in [-0.25, -0.2) is 0 Å². The van der Waals surface area contributed by atoms with Gasteiger partial charge in [-0.1, -0.05) is 12.1 Å². The van der Waals surface area contributed by atoms with E-state index in [4.69, 9.17) is 4.42 Å². The lowest BCUT2D eigenvalue weighted by molar-refractivity contribution is -0.111. The van der Waals surface area contributed by atoms with Crippen molar-refractivity contribution in [2.45, 2.75) is 12.8 Å². The first-order valence-corrected chi connectivity index (χ1v) is 9.44. The Morgan fingerprint density at radius 3 is 2.77 bits per heavy atom. The number of nitrogens with one attached hydrogen (secondary N) is 1. The molecule has 1 N–H and O–H groups in total. The Balaban J connectivity index is 1.37. The van der Waals surface area contributed by atoms with Crippen LogP contribution in [0, 0.1) is 0 Å². The Labute approximate surface area is 173 Å². The second-order valence-corrected chi connectivity index (χ2v) is 6.69. The van der Waals surface area contributed by atoms with Crippen molar-refractivity contribution in [3.63, 3.8) is 0 Å². The molecule has 30 heavy (non-hydrogen) atoms. The molecule has 0 fully saturated rings. The van der Waals surface area contributed by atoms with Crippen LogP contribution < -0.4 is 5.32 Å². The van der Waals surface area contributed by atoms with Crippen LogP contribution >= 0.6 is 0 Å². The van der Waals surface area contributed by atoms with Crippen molar-refractivity contribution in [2.24, 2.45) is 7.05 Å². The number of benzene rings is 1. The van der Waals surface area contributed by atoms with Crippen molar-refractivity contribution in [3.8, 4) is 11.3 Å². The summed E-state index contributed by atoms with van der Waals surface area (Å²) in [4.78, 5) is 16.5. The number of hydrogen-bond donors (Lipinski definition) is 1. The first kappa shape index (κ1) is 19.3. The molecule has 0 atom stereocenters. The summed E-state index contributed by atoms with van der Waals surface area (Å²) in [6, 6.07) is 11.5. The quantitative estimate of drug-likeness (QED) is 0.478. The zero-order valence-corrected chi connectivity index (χ0v) is 16.4. The van der Waals surface area contributed by atoms with Gasteiger partial charge in [0.15, 0.2) is 0 Å². The summed E-state index contributed by atoms with van der Waals surface area (Å²) in [6.07, 6.45) is 11.3. The molecule has 1 amide bonds. The molecule has 0 aliphatic rings. The van der Waals surface area contributed by atoms with Crippen LogP contribution in [0.5, 0.6) is 0 Å². The summed E-state index contributed by atoms with van der Waals surface area (Å²) in [5, 5.41) is 14.8. The highest BCUT2D eigenvalue weighted by Gasteiger charge is 2.07. The summed E-state index contributed by atoms with van der Waals surface area (Å²) < 4.78 is 6.87. The van der Waals surface area contributed by atoms with E-state index < -0.39 is 0 Å². The minimum absolute atomic E-state index is 0.218. The zero-order valence-electron chi connectivity index (χ0n) is 16.4. The van der Waals surface area contributed by atoms with Crippen LogP contribution in [0.2, 0.25) is 0 Å². The van der Waals surface area contributed by atoms with Gasteiger partial charge in [-0.05, 0) is 42.3 Å². The molecule has 0 aliphatic carbocycles. The van der Waals surface area contributed by atoms with E-state index in [1.165, 1.54) is 12.5 Å². The van der Waals surface area contributed by atoms with E-state index in [1.807, 2.05) is 49.6 Å². The van der Waals surface area contributed by atoms with Gasteiger partial charge >= 0.3 is 0 Å². The zero-order chi connectivity index (χ0) is 20.8. The molecule has 3 aromatic heterocycles. The predicted molar refractivity (Wildman–Crippen MR) is 112 cm³/mol. The van der Waals surface area contributed by atoms with E-state index >= 15 is 0 Å². The average molecular weight is 400 g/mol. The van der Waals surface area contributed by atoms with E-state index in [0.717, 1.165) is 34.5 Å². The maximum Gasteiger partial charge on any atom is 0.248 e. The third-order valence-electron chi connectivity index (χ3n) is 4.51. The largest absolute Gasteiger partial charge is 0.428 e. The van der Waals surface area contributed by atoms with E-state index in [0.29, 0.717) is 12.3 Å². The summed E-state index contributed by atoms with van der Waals surface area (Å²) in [5.41, 5.74) is 4.42. The Hall–Kier alpha value is -4.07. The highest BCUT2D eigenvalue weighted by molar-refractivity contribution is 6.02. The minimum atomic E-state index is -0.218. The van der Waals surface area contributed by atoms with Gasteiger partial charge in [0.2, 0.25) is 18.2 Å². The fraction of sp³-hybridized carbons (Fsp3) is 0.136. The van der Waals surface area contributed by atoms with Gasteiger partial charge in [-0.2, -0.15) is 5.10 Å². The number of amides is 1. The lowest BCUT2D eigenvalue weighted by atomic mass is 10.1. The first-order valence-electron chi connectivity index (χ1n) is 9.44. The van der Waals surface area contributed by atoms with E-state index in [1.54, 1.807) is 23.2 Å². The Kier molecular flexibility index (Phi) is 5.75. The smallest absolute Gasteiger partial charge is 0.248 e. The van der Waals surface area contributed by atoms with Crippen LogP contribution in [0.15, 0.2) is 71.9 Å². The van der Waals surface area contributed by atoms with Crippen molar-refractivity contribution in [1.82, 2.24) is 25.0 Å². The average Bonchev–Trinajstić information content (AvgIpc) is 3.44. The van der Waals surface area contributed by atoms with E-state index in [2.05, 4.69) is 25.6 Å². The van der Waals surface area contributed by atoms with Crippen LogP contribution in [-0.2, 0) is 24.7 Å². The second-order valence-electron chi connectivity index (χ2n) is 6.69. The van der Waals surface area contributed by atoms with Crippen molar-refractivity contribution in [2.75, 3.05) is 5.32 Å². The lowest BCUT2D eigenvalue weighted by Gasteiger charge is -2.05. The normalized spacial score (nSPS) is 11.1. The molecule has 0 unspecified atom stereocenters. The second kappa shape index (κ2) is 8.95. The Morgan fingerprint density at radius 2 is 2.03 bits per heavy atom. The molecule has 4 aromatic rings. The number of rotatable bonds is 7. The topological polar surface area (TPSA) is 98.7 Å². The molecule has 4 rings (SSSR count). The maximum atomic E-state index is 12.3. The van der Waals surface area contributed by atoms with Gasteiger partial charge in [0.1, 0.15) is 0 Å². The van der Waals surface area contributed by atoms with Crippen molar-refractivity contribution < 1.29 is 9.21 Å². The van der Waals surface area contributed by atoms with Gasteiger partial charge in [0.05, 0.1) is 5.69 Å². The fourth-order valence-electron chi connectivity index (χ4n) is 2.99.